The molecule has 5 nitrogen and oxygen atoms in total. The lowest BCUT2D eigenvalue weighted by molar-refractivity contribution is 0.102. The third-order valence-electron chi connectivity index (χ3n) is 4.41. The second-order valence-corrected chi connectivity index (χ2v) is 6.89. The number of carbonyl (C=O) groups is 1. The van der Waals surface area contributed by atoms with Crippen LogP contribution in [0.15, 0.2) is 46.9 Å². The van der Waals surface area contributed by atoms with Gasteiger partial charge in [0.2, 0.25) is 5.78 Å². The fourth-order valence-electron chi connectivity index (χ4n) is 3.22. The second-order valence-electron chi connectivity index (χ2n) is 5.94. The van der Waals surface area contributed by atoms with Crippen molar-refractivity contribution >= 4 is 22.8 Å². The summed E-state index contributed by atoms with van der Waals surface area (Å²) < 4.78 is 1.98. The van der Waals surface area contributed by atoms with Crippen molar-refractivity contribution in [3.8, 4) is 10.7 Å². The van der Waals surface area contributed by atoms with Gasteiger partial charge in [0.15, 0.2) is 5.82 Å². The molecule has 0 fully saturated rings. The Morgan fingerprint density at radius 2 is 2.00 bits per heavy atom. The molecule has 25 heavy (non-hydrogen) atoms. The van der Waals surface area contributed by atoms with Gasteiger partial charge in [-0.25, -0.2) is 4.98 Å². The van der Waals surface area contributed by atoms with Crippen molar-refractivity contribution in [3.05, 3.63) is 64.3 Å². The van der Waals surface area contributed by atoms with Crippen LogP contribution < -0.4 is 0 Å². The van der Waals surface area contributed by atoms with Crippen molar-refractivity contribution in [2.75, 3.05) is 0 Å². The van der Waals surface area contributed by atoms with E-state index in [-0.39, 0.29) is 5.78 Å². The number of thiophene rings is 1. The van der Waals surface area contributed by atoms with E-state index < -0.39 is 0 Å². The summed E-state index contributed by atoms with van der Waals surface area (Å²) in [7, 11) is 0. The number of ketones is 1. The first-order valence-electron chi connectivity index (χ1n) is 8.27. The zero-order valence-corrected chi connectivity index (χ0v) is 14.6. The standard InChI is InChI=1S/C19H17N3O2S/c1-2-3-10-22-17-16(20-19(22)14-9-6-11-25-14)15(21-24)12-7-4-5-8-13(12)18(17)23/h4-9,11,24H,2-3,10H2,1H3. The zero-order valence-electron chi connectivity index (χ0n) is 13.8. The molecule has 0 atom stereocenters. The molecule has 0 unspecified atom stereocenters. The zero-order chi connectivity index (χ0) is 17.4. The van der Waals surface area contributed by atoms with Crippen LogP contribution >= 0.6 is 11.3 Å². The molecule has 0 saturated carbocycles. The van der Waals surface area contributed by atoms with Gasteiger partial charge >= 0.3 is 0 Å². The monoisotopic (exact) mass is 351 g/mol. The number of unbranched alkanes of at least 4 members (excludes halogenated alkanes) is 1. The van der Waals surface area contributed by atoms with Crippen molar-refractivity contribution < 1.29 is 10.0 Å². The third-order valence-corrected chi connectivity index (χ3v) is 5.28. The first-order valence-corrected chi connectivity index (χ1v) is 9.15. The van der Waals surface area contributed by atoms with Crippen LogP contribution in [-0.2, 0) is 6.54 Å². The largest absolute Gasteiger partial charge is 0.410 e. The Labute approximate surface area is 149 Å². The molecule has 4 rings (SSSR count). The Morgan fingerprint density at radius 1 is 1.20 bits per heavy atom. The molecule has 0 radical (unpaired) electrons. The summed E-state index contributed by atoms with van der Waals surface area (Å²) in [5.74, 6) is 0.695. The average molecular weight is 351 g/mol. The van der Waals surface area contributed by atoms with Crippen LogP contribution in [0.2, 0.25) is 0 Å². The SMILES string of the molecule is CCCCn1c(-c2cccs2)nc2c1C(=O)c1ccccc1C2=NO. The fourth-order valence-corrected chi connectivity index (χ4v) is 3.94. The van der Waals surface area contributed by atoms with Crippen molar-refractivity contribution in [2.24, 2.45) is 5.16 Å². The smallest absolute Gasteiger partial charge is 0.212 e. The van der Waals surface area contributed by atoms with Crippen molar-refractivity contribution in [1.82, 2.24) is 9.55 Å². The van der Waals surface area contributed by atoms with Crippen LogP contribution in [0.5, 0.6) is 0 Å². The molecule has 3 aromatic rings. The molecule has 0 amide bonds. The Morgan fingerprint density at radius 3 is 2.68 bits per heavy atom. The van der Waals surface area contributed by atoms with E-state index >= 15 is 0 Å². The topological polar surface area (TPSA) is 67.5 Å². The first kappa shape index (κ1) is 15.8. The van der Waals surface area contributed by atoms with Gasteiger partial charge in [-0.1, -0.05) is 48.8 Å². The molecule has 1 aromatic carbocycles. The molecule has 0 bridgehead atoms. The van der Waals surface area contributed by atoms with Crippen LogP contribution in [0, 0.1) is 0 Å². The number of fused-ring (bicyclic) bond motifs is 2. The highest BCUT2D eigenvalue weighted by atomic mass is 32.1. The quantitative estimate of drug-likeness (QED) is 0.443. The molecule has 0 aliphatic heterocycles. The van der Waals surface area contributed by atoms with E-state index in [4.69, 9.17) is 4.98 Å². The van der Waals surface area contributed by atoms with Crippen LogP contribution in [0.25, 0.3) is 10.7 Å². The van der Waals surface area contributed by atoms with E-state index in [1.54, 1.807) is 23.5 Å². The number of aromatic nitrogens is 2. The maximum Gasteiger partial charge on any atom is 0.212 e. The van der Waals surface area contributed by atoms with E-state index in [2.05, 4.69) is 12.1 Å². The van der Waals surface area contributed by atoms with Gasteiger partial charge in [0.1, 0.15) is 17.1 Å². The Bertz CT molecular complexity index is 971. The molecule has 6 heteroatoms. The lowest BCUT2D eigenvalue weighted by Crippen LogP contribution is -2.24. The molecular formula is C19H17N3O2S. The predicted molar refractivity (Wildman–Crippen MR) is 97.7 cm³/mol. The molecule has 126 valence electrons. The van der Waals surface area contributed by atoms with Gasteiger partial charge in [0, 0.05) is 17.7 Å². The van der Waals surface area contributed by atoms with E-state index in [0.29, 0.717) is 34.8 Å². The van der Waals surface area contributed by atoms with Crippen LogP contribution in [0.4, 0.5) is 0 Å². The summed E-state index contributed by atoms with van der Waals surface area (Å²) in [6, 6.07) is 11.2. The minimum Gasteiger partial charge on any atom is -0.410 e. The minimum absolute atomic E-state index is 0.0654. The summed E-state index contributed by atoms with van der Waals surface area (Å²) in [6.07, 6.45) is 1.96. The number of benzene rings is 1. The molecule has 0 spiro atoms. The third kappa shape index (κ3) is 2.41. The van der Waals surface area contributed by atoms with Crippen LogP contribution in [-0.4, -0.2) is 26.3 Å². The molecular weight excluding hydrogens is 334 g/mol. The van der Waals surface area contributed by atoms with E-state index in [1.807, 2.05) is 34.2 Å². The number of nitrogens with zero attached hydrogens (tertiary/aromatic N) is 3. The number of hydrogen-bond donors (Lipinski definition) is 1. The van der Waals surface area contributed by atoms with Gasteiger partial charge in [-0.15, -0.1) is 11.3 Å². The van der Waals surface area contributed by atoms with E-state index in [0.717, 1.165) is 23.5 Å². The Balaban J connectivity index is 1.99. The number of oxime groups is 1. The predicted octanol–water partition coefficient (Wildman–Crippen LogP) is 4.18. The lowest BCUT2D eigenvalue weighted by Gasteiger charge is -2.17. The van der Waals surface area contributed by atoms with Gasteiger partial charge in [0.25, 0.3) is 0 Å². The van der Waals surface area contributed by atoms with Gasteiger partial charge in [0.05, 0.1) is 4.88 Å². The van der Waals surface area contributed by atoms with Crippen molar-refractivity contribution in [1.29, 1.82) is 0 Å². The number of imidazole rings is 1. The first-order chi connectivity index (χ1) is 12.3. The van der Waals surface area contributed by atoms with Crippen molar-refractivity contribution in [3.63, 3.8) is 0 Å². The van der Waals surface area contributed by atoms with Gasteiger partial charge in [-0.2, -0.15) is 0 Å². The van der Waals surface area contributed by atoms with Crippen LogP contribution in [0.3, 0.4) is 0 Å². The maximum atomic E-state index is 13.1. The number of hydrogen-bond acceptors (Lipinski definition) is 5. The number of rotatable bonds is 4. The average Bonchev–Trinajstić information content (AvgIpc) is 3.28. The van der Waals surface area contributed by atoms with Gasteiger partial charge in [-0.3, -0.25) is 4.79 Å². The minimum atomic E-state index is -0.0654. The Hall–Kier alpha value is -2.73. The Kier molecular flexibility index (Phi) is 3.97. The summed E-state index contributed by atoms with van der Waals surface area (Å²) >= 11 is 1.58. The maximum absolute atomic E-state index is 13.1. The normalized spacial score (nSPS) is 14.6. The van der Waals surface area contributed by atoms with E-state index in [9.17, 15) is 10.0 Å². The van der Waals surface area contributed by atoms with Crippen LogP contribution in [0.1, 0.15) is 47.1 Å². The molecule has 1 aliphatic rings. The summed E-state index contributed by atoms with van der Waals surface area (Å²) in [6.45, 7) is 2.82. The summed E-state index contributed by atoms with van der Waals surface area (Å²) in [5, 5.41) is 15.1. The van der Waals surface area contributed by atoms with E-state index in [1.165, 1.54) is 0 Å². The highest BCUT2D eigenvalue weighted by Gasteiger charge is 2.35. The molecule has 2 heterocycles. The summed E-state index contributed by atoms with van der Waals surface area (Å²) in [5.41, 5.74) is 2.52. The molecule has 0 saturated heterocycles. The molecule has 1 aliphatic carbocycles. The van der Waals surface area contributed by atoms with Crippen molar-refractivity contribution in [2.45, 2.75) is 26.3 Å². The lowest BCUT2D eigenvalue weighted by atomic mass is 9.89. The number of carbonyl (C=O) groups excluding carboxylic acids is 1. The molecule has 1 N–H and O–H groups in total. The summed E-state index contributed by atoms with van der Waals surface area (Å²) in [4.78, 5) is 18.9. The highest BCUT2D eigenvalue weighted by molar-refractivity contribution is 7.13. The second kappa shape index (κ2) is 6.29. The highest BCUT2D eigenvalue weighted by Crippen LogP contribution is 2.33. The van der Waals surface area contributed by atoms with Gasteiger partial charge in [-0.05, 0) is 17.9 Å². The van der Waals surface area contributed by atoms with Gasteiger partial charge < -0.3 is 9.77 Å². The molecule has 2 aromatic heterocycles. The fraction of sp³-hybridized carbons (Fsp3) is 0.211.